The van der Waals surface area contributed by atoms with Crippen molar-refractivity contribution in [1.82, 2.24) is 9.88 Å². The number of nitrogens with two attached hydrogens (primary N) is 1. The van der Waals surface area contributed by atoms with E-state index >= 15 is 0 Å². The van der Waals surface area contributed by atoms with Crippen LogP contribution in [0.2, 0.25) is 0 Å². The molecule has 0 saturated heterocycles. The number of carbonyl (C=O) groups excluding carboxylic acids is 3. The summed E-state index contributed by atoms with van der Waals surface area (Å²) in [5, 5.41) is 4.89. The van der Waals surface area contributed by atoms with Gasteiger partial charge in [0.25, 0.3) is 17.4 Å². The summed E-state index contributed by atoms with van der Waals surface area (Å²) < 4.78 is 1.15. The molecule has 26 heavy (non-hydrogen) atoms. The Hall–Kier alpha value is -3.42. The zero-order valence-corrected chi connectivity index (χ0v) is 14.2. The van der Waals surface area contributed by atoms with Crippen LogP contribution >= 0.6 is 0 Å². The minimum absolute atomic E-state index is 0.00783. The predicted octanol–water partition coefficient (Wildman–Crippen LogP) is 1.43. The van der Waals surface area contributed by atoms with Crippen molar-refractivity contribution in [2.75, 3.05) is 11.1 Å². The lowest BCUT2D eigenvalue weighted by Gasteiger charge is -2.12. The van der Waals surface area contributed by atoms with Crippen LogP contribution in [-0.2, 0) is 4.79 Å². The van der Waals surface area contributed by atoms with Crippen LogP contribution in [0.15, 0.2) is 35.1 Å². The molecular formula is C18H18N4O4. The summed E-state index contributed by atoms with van der Waals surface area (Å²) in [6, 6.07) is 7.59. The molecule has 134 valence electrons. The maximum absolute atomic E-state index is 12.4. The summed E-state index contributed by atoms with van der Waals surface area (Å²) >= 11 is 0. The van der Waals surface area contributed by atoms with E-state index < -0.39 is 17.4 Å². The summed E-state index contributed by atoms with van der Waals surface area (Å²) in [5.41, 5.74) is 6.44. The van der Waals surface area contributed by atoms with E-state index in [4.69, 9.17) is 5.73 Å². The summed E-state index contributed by atoms with van der Waals surface area (Å²) in [5.74, 6) is -1.44. The number of fused-ring (bicyclic) bond motifs is 1. The number of carbonyl (C=O) groups is 3. The Labute approximate surface area is 149 Å². The highest BCUT2D eigenvalue weighted by Gasteiger charge is 2.31. The number of anilines is 2. The van der Waals surface area contributed by atoms with Gasteiger partial charge in [-0.3, -0.25) is 29.1 Å². The Kier molecular flexibility index (Phi) is 4.57. The van der Waals surface area contributed by atoms with Gasteiger partial charge in [-0.25, -0.2) is 0 Å². The molecule has 8 nitrogen and oxygen atoms in total. The Bertz CT molecular complexity index is 960. The van der Waals surface area contributed by atoms with Crippen molar-refractivity contribution >= 4 is 29.2 Å². The highest BCUT2D eigenvalue weighted by atomic mass is 16.2. The van der Waals surface area contributed by atoms with Gasteiger partial charge in [0.1, 0.15) is 5.82 Å². The molecule has 3 amide bonds. The van der Waals surface area contributed by atoms with Crippen molar-refractivity contribution < 1.29 is 14.4 Å². The van der Waals surface area contributed by atoms with Gasteiger partial charge in [0, 0.05) is 18.2 Å². The first kappa shape index (κ1) is 17.4. The number of hydrogen-bond acceptors (Lipinski definition) is 5. The first-order valence-electron chi connectivity index (χ1n) is 8.24. The van der Waals surface area contributed by atoms with E-state index in [0.29, 0.717) is 17.8 Å². The normalized spacial score (nSPS) is 12.7. The largest absolute Gasteiger partial charge is 0.384 e. The van der Waals surface area contributed by atoms with Crippen molar-refractivity contribution in [3.63, 3.8) is 0 Å². The molecule has 3 rings (SSSR count). The smallest absolute Gasteiger partial charge is 0.262 e. The topological polar surface area (TPSA) is 123 Å². The van der Waals surface area contributed by atoms with Crippen LogP contribution in [0.4, 0.5) is 11.5 Å². The minimum atomic E-state index is -0.633. The number of pyridine rings is 1. The number of nitrogen functional groups attached to an aromatic ring is 1. The third kappa shape index (κ3) is 3.08. The first-order valence-corrected chi connectivity index (χ1v) is 8.24. The lowest BCUT2D eigenvalue weighted by Crippen LogP contribution is -2.24. The van der Waals surface area contributed by atoms with E-state index in [9.17, 15) is 19.2 Å². The molecule has 8 heteroatoms. The molecule has 0 aliphatic carbocycles. The number of hydrogen-bond donors (Lipinski definition) is 3. The second-order valence-corrected chi connectivity index (χ2v) is 5.97. The molecule has 0 spiro atoms. The molecule has 2 heterocycles. The Morgan fingerprint density at radius 2 is 1.85 bits per heavy atom. The summed E-state index contributed by atoms with van der Waals surface area (Å²) in [4.78, 5) is 47.7. The number of nitrogens with one attached hydrogen (secondary N) is 2. The summed E-state index contributed by atoms with van der Waals surface area (Å²) in [6.45, 7) is 2.01. The van der Waals surface area contributed by atoms with Gasteiger partial charge in [-0.2, -0.15) is 0 Å². The highest BCUT2D eigenvalue weighted by molar-refractivity contribution is 6.23. The number of unbranched alkanes of at least 4 members (excludes halogenated alkanes) is 1. The zero-order valence-electron chi connectivity index (χ0n) is 14.2. The summed E-state index contributed by atoms with van der Waals surface area (Å²) in [6.07, 6.45) is 2.19. The highest BCUT2D eigenvalue weighted by Crippen LogP contribution is 2.23. The van der Waals surface area contributed by atoms with E-state index in [2.05, 4.69) is 10.6 Å². The third-order valence-electron chi connectivity index (χ3n) is 4.12. The Balaban J connectivity index is 1.92. The van der Waals surface area contributed by atoms with Crippen LogP contribution in [0.3, 0.4) is 0 Å². The van der Waals surface area contributed by atoms with Gasteiger partial charge in [0.05, 0.1) is 16.8 Å². The second-order valence-electron chi connectivity index (χ2n) is 5.97. The number of aromatic nitrogens is 1. The van der Waals surface area contributed by atoms with Crippen molar-refractivity contribution in [2.45, 2.75) is 26.2 Å². The van der Waals surface area contributed by atoms with Crippen LogP contribution in [0.5, 0.6) is 0 Å². The lowest BCUT2D eigenvalue weighted by molar-refractivity contribution is -0.116. The molecule has 2 aromatic rings. The molecule has 1 aromatic carbocycles. The molecule has 4 N–H and O–H groups in total. The molecule has 0 fully saturated rings. The average molecular weight is 354 g/mol. The van der Waals surface area contributed by atoms with Gasteiger partial charge in [-0.05, 0) is 30.7 Å². The van der Waals surface area contributed by atoms with Gasteiger partial charge in [0.15, 0.2) is 0 Å². The standard InChI is InChI=1S/C18H18N4O4/c1-2-3-4-13(23)20-10-5-7-11(8-6-10)22-14(24)9-12-15(16(22)19)18(26)21-17(12)25/h5-9H,2-4,19H2,1H3,(H,20,23)(H,21,25,26). The van der Waals surface area contributed by atoms with Gasteiger partial charge >= 0.3 is 0 Å². The molecule has 0 saturated carbocycles. The number of benzene rings is 1. The molecule has 0 unspecified atom stereocenters. The van der Waals surface area contributed by atoms with E-state index in [0.717, 1.165) is 23.5 Å². The third-order valence-corrected chi connectivity index (χ3v) is 4.12. The average Bonchev–Trinajstić information content (AvgIpc) is 2.88. The number of imide groups is 1. The van der Waals surface area contributed by atoms with Crippen molar-refractivity contribution in [3.8, 4) is 5.69 Å². The van der Waals surface area contributed by atoms with E-state index in [1.165, 1.54) is 0 Å². The van der Waals surface area contributed by atoms with Crippen LogP contribution < -0.4 is 21.9 Å². The van der Waals surface area contributed by atoms with E-state index in [1.807, 2.05) is 6.92 Å². The fraction of sp³-hybridized carbons (Fsp3) is 0.222. The quantitative estimate of drug-likeness (QED) is 0.701. The number of nitrogens with zero attached hydrogens (tertiary/aromatic N) is 1. The maximum Gasteiger partial charge on any atom is 0.262 e. The SMILES string of the molecule is CCCCC(=O)Nc1ccc(-n2c(N)c3c(cc2=O)C(=O)NC3=O)cc1. The van der Waals surface area contributed by atoms with E-state index in [1.54, 1.807) is 24.3 Å². The number of rotatable bonds is 5. The van der Waals surface area contributed by atoms with Crippen molar-refractivity contribution in [2.24, 2.45) is 0 Å². The molecule has 0 radical (unpaired) electrons. The van der Waals surface area contributed by atoms with Gasteiger partial charge in [-0.15, -0.1) is 0 Å². The fourth-order valence-electron chi connectivity index (χ4n) is 2.80. The Morgan fingerprint density at radius 3 is 2.50 bits per heavy atom. The second kappa shape index (κ2) is 6.83. The zero-order chi connectivity index (χ0) is 18.8. The van der Waals surface area contributed by atoms with Gasteiger partial charge < -0.3 is 11.1 Å². The van der Waals surface area contributed by atoms with Crippen LogP contribution in [0.25, 0.3) is 5.69 Å². The van der Waals surface area contributed by atoms with Gasteiger partial charge in [-0.1, -0.05) is 13.3 Å². The molecule has 1 aliphatic rings. The Morgan fingerprint density at radius 1 is 1.15 bits per heavy atom. The predicted molar refractivity (Wildman–Crippen MR) is 96.4 cm³/mol. The van der Waals surface area contributed by atoms with Crippen molar-refractivity contribution in [1.29, 1.82) is 0 Å². The first-order chi connectivity index (χ1) is 12.4. The van der Waals surface area contributed by atoms with Crippen molar-refractivity contribution in [3.05, 3.63) is 51.8 Å². The fourth-order valence-corrected chi connectivity index (χ4v) is 2.80. The number of amides is 3. The molecule has 1 aliphatic heterocycles. The van der Waals surface area contributed by atoms with Gasteiger partial charge in [0.2, 0.25) is 5.91 Å². The molecule has 0 atom stereocenters. The van der Waals surface area contributed by atoms with Crippen LogP contribution in [0, 0.1) is 0 Å². The monoisotopic (exact) mass is 354 g/mol. The minimum Gasteiger partial charge on any atom is -0.384 e. The molecular weight excluding hydrogens is 336 g/mol. The molecule has 0 bridgehead atoms. The van der Waals surface area contributed by atoms with E-state index in [-0.39, 0.29) is 22.9 Å². The van der Waals surface area contributed by atoms with Crippen LogP contribution in [-0.4, -0.2) is 22.3 Å². The lowest BCUT2D eigenvalue weighted by atomic mass is 10.1. The summed E-state index contributed by atoms with van der Waals surface area (Å²) in [7, 11) is 0. The maximum atomic E-state index is 12.4. The van der Waals surface area contributed by atoms with Crippen LogP contribution in [0.1, 0.15) is 46.9 Å². The molecule has 1 aromatic heterocycles.